The zero-order valence-electron chi connectivity index (χ0n) is 11.9. The molecule has 1 aromatic carbocycles. The van der Waals surface area contributed by atoms with Crippen molar-refractivity contribution in [3.8, 4) is 0 Å². The number of halogens is 1. The average Bonchev–Trinajstić information content (AvgIpc) is 3.05. The molecule has 0 spiro atoms. The lowest BCUT2D eigenvalue weighted by molar-refractivity contribution is 0.494. The Morgan fingerprint density at radius 2 is 2.24 bits per heavy atom. The third-order valence-electron chi connectivity index (χ3n) is 3.48. The highest BCUT2D eigenvalue weighted by Crippen LogP contribution is 2.22. The molecule has 3 nitrogen and oxygen atoms in total. The van der Waals surface area contributed by atoms with E-state index in [1.54, 1.807) is 17.4 Å². The molecular formula is C16H18FN3S. The fraction of sp³-hybridized carbons (Fsp3) is 0.312. The summed E-state index contributed by atoms with van der Waals surface area (Å²) >= 11 is 1.61. The minimum absolute atomic E-state index is 0.0456. The van der Waals surface area contributed by atoms with Gasteiger partial charge in [-0.2, -0.15) is 0 Å². The van der Waals surface area contributed by atoms with Gasteiger partial charge in [0.25, 0.3) is 0 Å². The summed E-state index contributed by atoms with van der Waals surface area (Å²) in [5, 5.41) is 5.44. The molecule has 2 heterocycles. The minimum atomic E-state index is -0.160. The maximum Gasteiger partial charge on any atom is 0.193 e. The molecule has 0 fully saturated rings. The fourth-order valence-electron chi connectivity index (χ4n) is 2.45. The van der Waals surface area contributed by atoms with Crippen LogP contribution in [0, 0.1) is 5.82 Å². The van der Waals surface area contributed by atoms with E-state index in [9.17, 15) is 4.39 Å². The lowest BCUT2D eigenvalue weighted by Crippen LogP contribution is -2.25. The first kappa shape index (κ1) is 14.2. The average molecular weight is 303 g/mol. The molecule has 0 saturated carbocycles. The SMILES string of the molecule is CCCNC(Cc1cn2ccsc2n1)c1ccccc1F. The second-order valence-electron chi connectivity index (χ2n) is 5.06. The topological polar surface area (TPSA) is 29.3 Å². The molecular weight excluding hydrogens is 285 g/mol. The number of benzene rings is 1. The largest absolute Gasteiger partial charge is 0.310 e. The van der Waals surface area contributed by atoms with Crippen molar-refractivity contribution in [3.05, 3.63) is 59.1 Å². The van der Waals surface area contributed by atoms with Crippen molar-refractivity contribution in [1.29, 1.82) is 0 Å². The summed E-state index contributed by atoms with van der Waals surface area (Å²) in [6.45, 7) is 2.97. The van der Waals surface area contributed by atoms with E-state index in [0.717, 1.165) is 23.6 Å². The molecule has 0 bridgehead atoms. The van der Waals surface area contributed by atoms with E-state index < -0.39 is 0 Å². The molecule has 21 heavy (non-hydrogen) atoms. The summed E-state index contributed by atoms with van der Waals surface area (Å²) < 4.78 is 16.1. The van der Waals surface area contributed by atoms with E-state index in [1.807, 2.05) is 34.3 Å². The molecule has 110 valence electrons. The summed E-state index contributed by atoms with van der Waals surface area (Å²) in [6, 6.07) is 6.92. The van der Waals surface area contributed by atoms with Gasteiger partial charge in [-0.25, -0.2) is 9.37 Å². The third kappa shape index (κ3) is 3.14. The third-order valence-corrected chi connectivity index (χ3v) is 4.25. The molecule has 0 amide bonds. The van der Waals surface area contributed by atoms with Gasteiger partial charge in [0.15, 0.2) is 4.96 Å². The highest BCUT2D eigenvalue weighted by molar-refractivity contribution is 7.15. The van der Waals surface area contributed by atoms with E-state index in [0.29, 0.717) is 12.0 Å². The van der Waals surface area contributed by atoms with Gasteiger partial charge < -0.3 is 5.32 Å². The highest BCUT2D eigenvalue weighted by Gasteiger charge is 2.17. The predicted molar refractivity (Wildman–Crippen MR) is 84.2 cm³/mol. The summed E-state index contributed by atoms with van der Waals surface area (Å²) in [5.74, 6) is -0.160. The van der Waals surface area contributed by atoms with Crippen molar-refractivity contribution in [2.24, 2.45) is 0 Å². The Morgan fingerprint density at radius 3 is 3.00 bits per heavy atom. The van der Waals surface area contributed by atoms with Crippen LogP contribution in [0.25, 0.3) is 4.96 Å². The molecule has 0 aliphatic carbocycles. The van der Waals surface area contributed by atoms with Crippen LogP contribution in [0.5, 0.6) is 0 Å². The number of thiazole rings is 1. The van der Waals surface area contributed by atoms with Gasteiger partial charge in [0.1, 0.15) is 5.82 Å². The monoisotopic (exact) mass is 303 g/mol. The Morgan fingerprint density at radius 1 is 1.38 bits per heavy atom. The van der Waals surface area contributed by atoms with E-state index in [4.69, 9.17) is 0 Å². The lowest BCUT2D eigenvalue weighted by Gasteiger charge is -2.18. The van der Waals surface area contributed by atoms with E-state index in [2.05, 4.69) is 17.2 Å². The number of hydrogen-bond donors (Lipinski definition) is 1. The highest BCUT2D eigenvalue weighted by atomic mass is 32.1. The van der Waals surface area contributed by atoms with Gasteiger partial charge >= 0.3 is 0 Å². The Bertz CT molecular complexity index is 690. The minimum Gasteiger partial charge on any atom is -0.310 e. The zero-order valence-corrected chi connectivity index (χ0v) is 12.7. The van der Waals surface area contributed by atoms with Crippen LogP contribution in [0.1, 0.15) is 30.6 Å². The molecule has 1 unspecified atom stereocenters. The van der Waals surface area contributed by atoms with Crippen molar-refractivity contribution in [2.75, 3.05) is 6.54 Å². The smallest absolute Gasteiger partial charge is 0.193 e. The summed E-state index contributed by atoms with van der Waals surface area (Å²) in [4.78, 5) is 5.57. The van der Waals surface area contributed by atoms with E-state index in [-0.39, 0.29) is 11.9 Å². The molecule has 5 heteroatoms. The molecule has 3 aromatic rings. The Balaban J connectivity index is 1.85. The summed E-state index contributed by atoms with van der Waals surface area (Å²) in [5.41, 5.74) is 1.70. The number of fused-ring (bicyclic) bond motifs is 1. The quantitative estimate of drug-likeness (QED) is 0.750. The van der Waals surface area contributed by atoms with Gasteiger partial charge in [-0.05, 0) is 19.0 Å². The first-order valence-electron chi connectivity index (χ1n) is 7.17. The van der Waals surface area contributed by atoms with Crippen molar-refractivity contribution in [2.45, 2.75) is 25.8 Å². The van der Waals surface area contributed by atoms with Crippen LogP contribution in [-0.4, -0.2) is 15.9 Å². The van der Waals surface area contributed by atoms with Gasteiger partial charge in [0.2, 0.25) is 0 Å². The molecule has 0 saturated heterocycles. The molecule has 1 atom stereocenters. The van der Waals surface area contributed by atoms with Crippen LogP contribution in [0.4, 0.5) is 4.39 Å². The van der Waals surface area contributed by atoms with Crippen LogP contribution >= 0.6 is 11.3 Å². The van der Waals surface area contributed by atoms with Crippen molar-refractivity contribution in [3.63, 3.8) is 0 Å². The molecule has 0 aliphatic heterocycles. The number of aromatic nitrogens is 2. The van der Waals surface area contributed by atoms with Crippen LogP contribution < -0.4 is 5.32 Å². The van der Waals surface area contributed by atoms with Gasteiger partial charge in [-0.3, -0.25) is 4.40 Å². The molecule has 0 aliphatic rings. The van der Waals surface area contributed by atoms with Gasteiger partial charge in [-0.1, -0.05) is 25.1 Å². The summed E-state index contributed by atoms with van der Waals surface area (Å²) in [7, 11) is 0. The fourth-order valence-corrected chi connectivity index (χ4v) is 3.17. The standard InChI is InChI=1S/C16H18FN3S/c1-2-7-18-15(13-5-3-4-6-14(13)17)10-12-11-20-8-9-21-16(20)19-12/h3-6,8-9,11,15,18H,2,7,10H2,1H3. The summed E-state index contributed by atoms with van der Waals surface area (Å²) in [6.07, 6.45) is 5.72. The van der Waals surface area contributed by atoms with Crippen molar-refractivity contribution in [1.82, 2.24) is 14.7 Å². The van der Waals surface area contributed by atoms with Gasteiger partial charge in [-0.15, -0.1) is 11.3 Å². The maximum atomic E-state index is 14.1. The predicted octanol–water partition coefficient (Wildman–Crippen LogP) is 3.82. The molecule has 3 rings (SSSR count). The number of rotatable bonds is 6. The van der Waals surface area contributed by atoms with Crippen LogP contribution in [0.2, 0.25) is 0 Å². The Labute approximate surface area is 127 Å². The normalized spacial score (nSPS) is 12.9. The lowest BCUT2D eigenvalue weighted by atomic mass is 10.0. The van der Waals surface area contributed by atoms with E-state index >= 15 is 0 Å². The Hall–Kier alpha value is -1.72. The second-order valence-corrected chi connectivity index (χ2v) is 5.93. The maximum absolute atomic E-state index is 14.1. The number of nitrogens with zero attached hydrogens (tertiary/aromatic N) is 2. The number of hydrogen-bond acceptors (Lipinski definition) is 3. The molecule has 2 aromatic heterocycles. The first-order chi connectivity index (χ1) is 10.3. The van der Waals surface area contributed by atoms with Gasteiger partial charge in [0, 0.05) is 35.8 Å². The second kappa shape index (κ2) is 6.37. The Kier molecular flexibility index (Phi) is 4.31. The van der Waals surface area contributed by atoms with Crippen LogP contribution in [0.15, 0.2) is 42.0 Å². The number of imidazole rings is 1. The van der Waals surface area contributed by atoms with Crippen molar-refractivity contribution < 1.29 is 4.39 Å². The molecule has 0 radical (unpaired) electrons. The molecule has 1 N–H and O–H groups in total. The van der Waals surface area contributed by atoms with Gasteiger partial charge in [0.05, 0.1) is 5.69 Å². The first-order valence-corrected chi connectivity index (χ1v) is 8.04. The van der Waals surface area contributed by atoms with Crippen LogP contribution in [-0.2, 0) is 6.42 Å². The zero-order chi connectivity index (χ0) is 14.7. The number of nitrogens with one attached hydrogen (secondary N) is 1. The van der Waals surface area contributed by atoms with Crippen LogP contribution in [0.3, 0.4) is 0 Å². The van der Waals surface area contributed by atoms with Crippen molar-refractivity contribution >= 4 is 16.3 Å². The van der Waals surface area contributed by atoms with E-state index in [1.165, 1.54) is 6.07 Å².